The molecule has 3 N–H and O–H groups in total. The van der Waals surface area contributed by atoms with E-state index in [0.717, 1.165) is 10.5 Å². The quantitative estimate of drug-likeness (QED) is 0.778. The van der Waals surface area contributed by atoms with Crippen LogP contribution in [-0.4, -0.2) is 36.7 Å². The number of nitrogens with one attached hydrogen (secondary N) is 1. The number of rotatable bonds is 5. The average molecular weight is 255 g/mol. The number of imide groups is 1. The number of urea groups is 1. The minimum Gasteiger partial charge on any atom is -0.449 e. The van der Waals surface area contributed by atoms with Crippen LogP contribution in [-0.2, 0) is 4.74 Å². The molecule has 0 spiro atoms. The Morgan fingerprint density at radius 1 is 1.50 bits per heavy atom. The zero-order chi connectivity index (χ0) is 13.5. The normalized spacial score (nSPS) is 15.2. The first kappa shape index (κ1) is 14.5. The van der Waals surface area contributed by atoms with Crippen LogP contribution in [0.3, 0.4) is 0 Å². The zero-order valence-electron chi connectivity index (χ0n) is 10.9. The van der Waals surface area contributed by atoms with E-state index in [4.69, 9.17) is 10.5 Å². The first-order valence-corrected chi connectivity index (χ1v) is 6.21. The van der Waals surface area contributed by atoms with Crippen LogP contribution in [0.5, 0.6) is 0 Å². The molecule has 0 aromatic heterocycles. The highest BCUT2D eigenvalue weighted by Crippen LogP contribution is 2.35. The SMILES string of the molecule is CCOC(=O)N(CCN)C(=O)N/C=C(\C)C1CC1. The number of allylic oxidation sites excluding steroid dienone is 1. The van der Waals surface area contributed by atoms with Gasteiger partial charge >= 0.3 is 12.1 Å². The van der Waals surface area contributed by atoms with Crippen molar-refractivity contribution in [1.29, 1.82) is 0 Å². The van der Waals surface area contributed by atoms with E-state index >= 15 is 0 Å². The molecule has 0 radical (unpaired) electrons. The molecule has 0 aliphatic heterocycles. The lowest BCUT2D eigenvalue weighted by Gasteiger charge is -2.18. The van der Waals surface area contributed by atoms with Crippen LogP contribution in [0.25, 0.3) is 0 Å². The summed E-state index contributed by atoms with van der Waals surface area (Å²) in [7, 11) is 0. The largest absolute Gasteiger partial charge is 0.449 e. The van der Waals surface area contributed by atoms with Crippen LogP contribution < -0.4 is 11.1 Å². The van der Waals surface area contributed by atoms with Crippen molar-refractivity contribution in [2.75, 3.05) is 19.7 Å². The van der Waals surface area contributed by atoms with Gasteiger partial charge in [0.2, 0.25) is 0 Å². The maximum Gasteiger partial charge on any atom is 0.418 e. The maximum absolute atomic E-state index is 11.8. The number of carbonyl (C=O) groups is 2. The van der Waals surface area contributed by atoms with Crippen molar-refractivity contribution in [3.8, 4) is 0 Å². The summed E-state index contributed by atoms with van der Waals surface area (Å²) in [6.45, 7) is 4.23. The summed E-state index contributed by atoms with van der Waals surface area (Å²) in [4.78, 5) is 24.3. The molecule has 18 heavy (non-hydrogen) atoms. The fourth-order valence-corrected chi connectivity index (χ4v) is 1.52. The van der Waals surface area contributed by atoms with Crippen LogP contribution in [0.4, 0.5) is 9.59 Å². The Balaban J connectivity index is 2.52. The second-order valence-corrected chi connectivity index (χ2v) is 4.25. The van der Waals surface area contributed by atoms with Crippen molar-refractivity contribution < 1.29 is 14.3 Å². The molecule has 1 aliphatic carbocycles. The fraction of sp³-hybridized carbons (Fsp3) is 0.667. The summed E-state index contributed by atoms with van der Waals surface area (Å²) in [6, 6.07) is -0.501. The van der Waals surface area contributed by atoms with Gasteiger partial charge in [-0.25, -0.2) is 14.5 Å². The molecular formula is C12H21N3O3. The summed E-state index contributed by atoms with van der Waals surface area (Å²) < 4.78 is 4.79. The summed E-state index contributed by atoms with van der Waals surface area (Å²) >= 11 is 0. The van der Waals surface area contributed by atoms with E-state index in [2.05, 4.69) is 5.32 Å². The molecular weight excluding hydrogens is 234 g/mol. The van der Waals surface area contributed by atoms with Crippen LogP contribution in [0.2, 0.25) is 0 Å². The minimum absolute atomic E-state index is 0.140. The number of nitrogens with two attached hydrogens (primary N) is 1. The van der Waals surface area contributed by atoms with Gasteiger partial charge in [0.1, 0.15) is 0 Å². The number of nitrogens with zero attached hydrogens (tertiary/aromatic N) is 1. The zero-order valence-corrected chi connectivity index (χ0v) is 10.9. The predicted octanol–water partition coefficient (Wildman–Crippen LogP) is 1.43. The molecule has 0 atom stereocenters. The van der Waals surface area contributed by atoms with Gasteiger partial charge in [-0.15, -0.1) is 0 Å². The van der Waals surface area contributed by atoms with Crippen LogP contribution in [0, 0.1) is 5.92 Å². The maximum atomic E-state index is 11.8. The molecule has 1 aliphatic rings. The first-order chi connectivity index (χ1) is 8.60. The molecule has 0 aromatic carbocycles. The highest BCUT2D eigenvalue weighted by molar-refractivity contribution is 5.91. The van der Waals surface area contributed by atoms with Gasteiger partial charge in [-0.2, -0.15) is 0 Å². The Morgan fingerprint density at radius 3 is 2.67 bits per heavy atom. The highest BCUT2D eigenvalue weighted by Gasteiger charge is 2.24. The minimum atomic E-state index is -0.669. The van der Waals surface area contributed by atoms with Crippen molar-refractivity contribution in [3.05, 3.63) is 11.8 Å². The summed E-state index contributed by atoms with van der Waals surface area (Å²) in [5.41, 5.74) is 6.50. The third kappa shape index (κ3) is 4.37. The number of hydrogen-bond acceptors (Lipinski definition) is 4. The van der Waals surface area contributed by atoms with Gasteiger partial charge in [-0.1, -0.05) is 5.57 Å². The van der Waals surface area contributed by atoms with E-state index in [1.807, 2.05) is 6.92 Å². The second-order valence-electron chi connectivity index (χ2n) is 4.25. The number of hydrogen-bond donors (Lipinski definition) is 2. The monoisotopic (exact) mass is 255 g/mol. The Kier molecular flexibility index (Phi) is 5.64. The summed E-state index contributed by atoms with van der Waals surface area (Å²) in [5.74, 6) is 0.579. The Labute approximate surface area is 107 Å². The van der Waals surface area contributed by atoms with Crippen LogP contribution in [0.1, 0.15) is 26.7 Å². The second kappa shape index (κ2) is 7.00. The summed E-state index contributed by atoms with van der Waals surface area (Å²) in [5, 5.41) is 2.60. The first-order valence-electron chi connectivity index (χ1n) is 6.21. The molecule has 0 saturated heterocycles. The summed E-state index contributed by atoms with van der Waals surface area (Å²) in [6.07, 6.45) is 3.33. The van der Waals surface area contributed by atoms with Gasteiger partial charge in [-0.05, 0) is 32.6 Å². The molecule has 1 fully saturated rings. The average Bonchev–Trinajstić information content (AvgIpc) is 3.16. The van der Waals surface area contributed by atoms with Crippen molar-refractivity contribution >= 4 is 12.1 Å². The number of ether oxygens (including phenoxy) is 1. The topological polar surface area (TPSA) is 84.7 Å². The van der Waals surface area contributed by atoms with Gasteiger partial charge in [0.25, 0.3) is 0 Å². The van der Waals surface area contributed by atoms with E-state index in [1.54, 1.807) is 13.1 Å². The third-order valence-corrected chi connectivity index (χ3v) is 2.73. The third-order valence-electron chi connectivity index (χ3n) is 2.73. The van der Waals surface area contributed by atoms with Crippen molar-refractivity contribution in [2.24, 2.45) is 11.7 Å². The molecule has 6 heteroatoms. The number of carbonyl (C=O) groups excluding carboxylic acids is 2. The molecule has 0 unspecified atom stereocenters. The van der Waals surface area contributed by atoms with Gasteiger partial charge in [0.05, 0.1) is 6.61 Å². The van der Waals surface area contributed by atoms with E-state index < -0.39 is 12.1 Å². The molecule has 1 rings (SSSR count). The van der Waals surface area contributed by atoms with Crippen LogP contribution >= 0.6 is 0 Å². The molecule has 0 heterocycles. The predicted molar refractivity (Wildman–Crippen MR) is 67.8 cm³/mol. The molecule has 3 amide bonds. The lowest BCUT2D eigenvalue weighted by molar-refractivity contribution is 0.116. The lowest BCUT2D eigenvalue weighted by Crippen LogP contribution is -2.45. The standard InChI is InChI=1S/C12H21N3O3/c1-3-18-12(17)15(7-6-13)11(16)14-8-9(2)10-4-5-10/h8,10H,3-7,13H2,1-2H3,(H,14,16)/b9-8+. The van der Waals surface area contributed by atoms with Crippen molar-refractivity contribution in [1.82, 2.24) is 10.2 Å². The molecule has 6 nitrogen and oxygen atoms in total. The molecule has 102 valence electrons. The van der Waals surface area contributed by atoms with E-state index in [-0.39, 0.29) is 19.7 Å². The Morgan fingerprint density at radius 2 is 2.17 bits per heavy atom. The molecule has 0 bridgehead atoms. The Bertz CT molecular complexity index is 337. The van der Waals surface area contributed by atoms with Gasteiger partial charge in [0.15, 0.2) is 0 Å². The molecule has 1 saturated carbocycles. The number of amides is 3. The van der Waals surface area contributed by atoms with Crippen LogP contribution in [0.15, 0.2) is 11.8 Å². The van der Waals surface area contributed by atoms with Gasteiger partial charge < -0.3 is 15.8 Å². The van der Waals surface area contributed by atoms with E-state index in [1.165, 1.54) is 12.8 Å². The fourth-order valence-electron chi connectivity index (χ4n) is 1.52. The van der Waals surface area contributed by atoms with Gasteiger partial charge in [-0.3, -0.25) is 0 Å². The van der Waals surface area contributed by atoms with Crippen molar-refractivity contribution in [2.45, 2.75) is 26.7 Å². The lowest BCUT2D eigenvalue weighted by atomic mass is 10.2. The van der Waals surface area contributed by atoms with E-state index in [0.29, 0.717) is 5.92 Å². The highest BCUT2D eigenvalue weighted by atomic mass is 16.6. The smallest absolute Gasteiger partial charge is 0.418 e. The molecule has 0 aromatic rings. The van der Waals surface area contributed by atoms with E-state index in [9.17, 15) is 9.59 Å². The Hall–Kier alpha value is -1.56. The van der Waals surface area contributed by atoms with Crippen molar-refractivity contribution in [3.63, 3.8) is 0 Å². The van der Waals surface area contributed by atoms with Gasteiger partial charge in [0, 0.05) is 19.3 Å².